The van der Waals surface area contributed by atoms with Gasteiger partial charge in [-0.3, -0.25) is 0 Å². The Balaban J connectivity index is 1.39. The van der Waals surface area contributed by atoms with Gasteiger partial charge in [0.05, 0.1) is 12.3 Å². The fourth-order valence-electron chi connectivity index (χ4n) is 3.73. The van der Waals surface area contributed by atoms with Gasteiger partial charge in [-0.15, -0.1) is 0 Å². The third kappa shape index (κ3) is 3.98. The number of ether oxygens (including phenoxy) is 2. The van der Waals surface area contributed by atoms with Crippen LogP contribution in [-0.4, -0.2) is 42.4 Å². The summed E-state index contributed by atoms with van der Waals surface area (Å²) in [6.45, 7) is 7.63. The number of nitrogens with zero attached hydrogens (tertiary/aromatic N) is 3. The summed E-state index contributed by atoms with van der Waals surface area (Å²) in [4.78, 5) is 11.7. The molecule has 1 aromatic carbocycles. The first-order valence-corrected chi connectivity index (χ1v) is 9.59. The predicted octanol–water partition coefficient (Wildman–Crippen LogP) is 3.65. The van der Waals surface area contributed by atoms with Gasteiger partial charge >= 0.3 is 0 Å². The van der Waals surface area contributed by atoms with Gasteiger partial charge in [-0.2, -0.15) is 0 Å². The van der Waals surface area contributed by atoms with Crippen molar-refractivity contribution in [1.82, 2.24) is 9.97 Å². The molecule has 2 saturated heterocycles. The molecular weight excluding hydrogens is 326 g/mol. The lowest BCUT2D eigenvalue weighted by Gasteiger charge is -2.33. The summed E-state index contributed by atoms with van der Waals surface area (Å²) in [5, 5.41) is 0. The highest BCUT2D eigenvalue weighted by Crippen LogP contribution is 2.28. The molecule has 0 radical (unpaired) electrons. The van der Waals surface area contributed by atoms with E-state index in [1.807, 2.05) is 6.92 Å². The van der Waals surface area contributed by atoms with E-state index in [1.165, 1.54) is 5.56 Å². The number of aryl methyl sites for hydroxylation is 2. The second-order valence-corrected chi connectivity index (χ2v) is 7.38. The van der Waals surface area contributed by atoms with Gasteiger partial charge in [0, 0.05) is 44.5 Å². The van der Waals surface area contributed by atoms with Crippen molar-refractivity contribution in [1.29, 1.82) is 0 Å². The molecule has 0 aliphatic carbocycles. The molecule has 1 aromatic heterocycles. The Hall–Kier alpha value is -2.14. The molecule has 4 rings (SSSR count). The molecule has 0 bridgehead atoms. The van der Waals surface area contributed by atoms with Crippen LogP contribution in [0.15, 0.2) is 30.3 Å². The summed E-state index contributed by atoms with van der Waals surface area (Å²) in [7, 11) is 0. The zero-order valence-electron chi connectivity index (χ0n) is 15.6. The summed E-state index contributed by atoms with van der Waals surface area (Å²) >= 11 is 0. The van der Waals surface area contributed by atoms with E-state index in [2.05, 4.69) is 52.1 Å². The van der Waals surface area contributed by atoms with E-state index in [1.54, 1.807) is 0 Å². The topological polar surface area (TPSA) is 47.5 Å². The normalized spacial score (nSPS) is 21.2. The van der Waals surface area contributed by atoms with Crippen LogP contribution >= 0.6 is 0 Å². The quantitative estimate of drug-likeness (QED) is 0.840. The second-order valence-electron chi connectivity index (χ2n) is 7.38. The van der Waals surface area contributed by atoms with Crippen LogP contribution in [0.4, 0.5) is 5.82 Å². The summed E-state index contributed by atoms with van der Waals surface area (Å²) in [5.41, 5.74) is 2.39. The second kappa shape index (κ2) is 7.62. The van der Waals surface area contributed by atoms with Crippen LogP contribution in [0.5, 0.6) is 5.75 Å². The predicted molar refractivity (Wildman–Crippen MR) is 102 cm³/mol. The van der Waals surface area contributed by atoms with Gasteiger partial charge in [0.1, 0.15) is 23.5 Å². The summed E-state index contributed by atoms with van der Waals surface area (Å²) in [6.07, 6.45) is 3.36. The number of anilines is 1. The van der Waals surface area contributed by atoms with Crippen molar-refractivity contribution in [2.24, 2.45) is 0 Å². The molecule has 26 heavy (non-hydrogen) atoms. The molecule has 3 heterocycles. The fourth-order valence-corrected chi connectivity index (χ4v) is 3.73. The first-order valence-electron chi connectivity index (χ1n) is 9.59. The number of benzene rings is 1. The highest BCUT2D eigenvalue weighted by atomic mass is 16.5. The van der Waals surface area contributed by atoms with E-state index in [-0.39, 0.29) is 6.10 Å². The first kappa shape index (κ1) is 17.3. The summed E-state index contributed by atoms with van der Waals surface area (Å²) in [6, 6.07) is 10.5. The van der Waals surface area contributed by atoms with Crippen molar-refractivity contribution in [3.63, 3.8) is 0 Å². The van der Waals surface area contributed by atoms with Crippen LogP contribution in [0.1, 0.15) is 42.3 Å². The van der Waals surface area contributed by atoms with Crippen LogP contribution in [-0.2, 0) is 4.74 Å². The molecule has 5 nitrogen and oxygen atoms in total. The van der Waals surface area contributed by atoms with Gasteiger partial charge in [0.2, 0.25) is 0 Å². The molecule has 2 aromatic rings. The van der Waals surface area contributed by atoms with Crippen LogP contribution in [0.2, 0.25) is 0 Å². The van der Waals surface area contributed by atoms with E-state index in [4.69, 9.17) is 9.47 Å². The molecule has 1 atom stereocenters. The highest BCUT2D eigenvalue weighted by Gasteiger charge is 2.24. The lowest BCUT2D eigenvalue weighted by molar-refractivity contribution is 0.170. The van der Waals surface area contributed by atoms with Gasteiger partial charge in [-0.1, -0.05) is 17.7 Å². The summed E-state index contributed by atoms with van der Waals surface area (Å²) < 4.78 is 11.7. The lowest BCUT2D eigenvalue weighted by Crippen LogP contribution is -2.39. The van der Waals surface area contributed by atoms with Gasteiger partial charge in [-0.05, 0) is 32.4 Å². The minimum absolute atomic E-state index is 0.277. The molecule has 5 heteroatoms. The average molecular weight is 353 g/mol. The maximum atomic E-state index is 6.15. The molecular formula is C21H27N3O2. The molecule has 0 N–H and O–H groups in total. The Labute approximate surface area is 155 Å². The zero-order valence-corrected chi connectivity index (χ0v) is 15.6. The van der Waals surface area contributed by atoms with Gasteiger partial charge < -0.3 is 14.4 Å². The van der Waals surface area contributed by atoms with Crippen LogP contribution in [0.3, 0.4) is 0 Å². The van der Waals surface area contributed by atoms with Crippen molar-refractivity contribution < 1.29 is 9.47 Å². The first-order chi connectivity index (χ1) is 12.7. The van der Waals surface area contributed by atoms with Crippen molar-refractivity contribution in [2.45, 2.75) is 45.1 Å². The molecule has 138 valence electrons. The van der Waals surface area contributed by atoms with Gasteiger partial charge in [0.25, 0.3) is 0 Å². The number of aromatic nitrogens is 2. The van der Waals surface area contributed by atoms with Crippen LogP contribution in [0, 0.1) is 13.8 Å². The third-order valence-corrected chi connectivity index (χ3v) is 5.28. The van der Waals surface area contributed by atoms with E-state index < -0.39 is 0 Å². The van der Waals surface area contributed by atoms with Gasteiger partial charge in [0.15, 0.2) is 0 Å². The smallest absolute Gasteiger partial charge is 0.132 e. The van der Waals surface area contributed by atoms with E-state index in [0.717, 1.165) is 68.7 Å². The van der Waals surface area contributed by atoms with Gasteiger partial charge in [-0.25, -0.2) is 9.97 Å². The molecule has 0 saturated carbocycles. The monoisotopic (exact) mass is 353 g/mol. The lowest BCUT2D eigenvalue weighted by atomic mass is 10.0. The highest BCUT2D eigenvalue weighted by molar-refractivity contribution is 5.41. The van der Waals surface area contributed by atoms with Crippen LogP contribution < -0.4 is 9.64 Å². The van der Waals surface area contributed by atoms with Crippen molar-refractivity contribution >= 4 is 5.82 Å². The molecule has 0 amide bonds. The SMILES string of the molecule is Cc1ccc(OC2CCN(c3cc([C@@H]4CCOC4)nc(C)n3)CC2)cc1. The van der Waals surface area contributed by atoms with Crippen molar-refractivity contribution in [3.8, 4) is 5.75 Å². The molecule has 0 unspecified atom stereocenters. The third-order valence-electron chi connectivity index (χ3n) is 5.28. The standard InChI is InChI=1S/C21H27N3O2/c1-15-3-5-18(6-4-15)26-19-7-10-24(11-8-19)21-13-20(22-16(2)23-21)17-9-12-25-14-17/h3-6,13,17,19H,7-12,14H2,1-2H3/t17-/m1/s1. The Morgan fingerprint density at radius 1 is 1.04 bits per heavy atom. The van der Waals surface area contributed by atoms with Crippen LogP contribution in [0.25, 0.3) is 0 Å². The molecule has 2 fully saturated rings. The average Bonchev–Trinajstić information content (AvgIpc) is 3.19. The largest absolute Gasteiger partial charge is 0.490 e. The zero-order chi connectivity index (χ0) is 17.9. The summed E-state index contributed by atoms with van der Waals surface area (Å²) in [5.74, 6) is 3.28. The van der Waals surface area contributed by atoms with E-state index in [0.29, 0.717) is 5.92 Å². The Morgan fingerprint density at radius 3 is 2.50 bits per heavy atom. The van der Waals surface area contributed by atoms with Crippen molar-refractivity contribution in [3.05, 3.63) is 47.4 Å². The number of hydrogen-bond donors (Lipinski definition) is 0. The molecule has 2 aliphatic rings. The maximum Gasteiger partial charge on any atom is 0.132 e. The Morgan fingerprint density at radius 2 is 1.81 bits per heavy atom. The number of rotatable bonds is 4. The maximum absolute atomic E-state index is 6.15. The minimum atomic E-state index is 0.277. The number of hydrogen-bond acceptors (Lipinski definition) is 5. The van der Waals surface area contributed by atoms with Crippen molar-refractivity contribution in [2.75, 3.05) is 31.2 Å². The fraction of sp³-hybridized carbons (Fsp3) is 0.524. The number of piperidine rings is 1. The van der Waals surface area contributed by atoms with E-state index in [9.17, 15) is 0 Å². The Kier molecular flexibility index (Phi) is 5.07. The molecule has 0 spiro atoms. The minimum Gasteiger partial charge on any atom is -0.490 e. The Bertz CT molecular complexity index is 733. The van der Waals surface area contributed by atoms with E-state index >= 15 is 0 Å². The molecule has 2 aliphatic heterocycles.